The Balaban J connectivity index is 2.04. The van der Waals surface area contributed by atoms with Gasteiger partial charge < -0.3 is 5.32 Å². The topological polar surface area (TPSA) is 50.7 Å². The lowest BCUT2D eigenvalue weighted by atomic mass is 10.4. The molecule has 0 aromatic carbocycles. The molecule has 0 aliphatic heterocycles. The number of hydrogen-bond donors (Lipinski definition) is 1. The largest absolute Gasteiger partial charge is 0.361 e. The molecule has 0 saturated heterocycles. The zero-order chi connectivity index (χ0) is 10.7. The van der Waals surface area contributed by atoms with E-state index in [0.29, 0.717) is 0 Å². The minimum absolute atomic E-state index is 0.737. The molecular weight excluding hydrogens is 228 g/mol. The van der Waals surface area contributed by atoms with Gasteiger partial charge in [0.25, 0.3) is 0 Å². The lowest BCUT2D eigenvalue weighted by Gasteiger charge is -1.92. The Kier molecular flexibility index (Phi) is 3.27. The van der Waals surface area contributed by atoms with Gasteiger partial charge in [0.15, 0.2) is 5.82 Å². The van der Waals surface area contributed by atoms with Crippen molar-refractivity contribution < 1.29 is 0 Å². The molecular formula is C9H12N4S2. The Bertz CT molecular complexity index is 435. The molecule has 0 atom stereocenters. The van der Waals surface area contributed by atoms with Gasteiger partial charge in [0.2, 0.25) is 5.13 Å². The maximum atomic E-state index is 4.38. The first-order chi connectivity index (χ1) is 7.28. The van der Waals surface area contributed by atoms with Crippen molar-refractivity contribution in [2.24, 2.45) is 0 Å². The zero-order valence-electron chi connectivity index (χ0n) is 8.65. The van der Waals surface area contributed by atoms with Crippen LogP contribution in [-0.2, 0) is 6.42 Å². The molecule has 0 aliphatic carbocycles. The normalized spacial score (nSPS) is 10.5. The third-order valence-corrected chi connectivity index (χ3v) is 3.45. The predicted octanol–water partition coefficient (Wildman–Crippen LogP) is 2.33. The van der Waals surface area contributed by atoms with Crippen LogP contribution in [0.1, 0.15) is 23.4 Å². The molecule has 2 aromatic rings. The maximum absolute atomic E-state index is 4.38. The van der Waals surface area contributed by atoms with Gasteiger partial charge in [0, 0.05) is 29.2 Å². The molecule has 0 unspecified atom stereocenters. The number of aryl methyl sites for hydroxylation is 1. The number of hydrogen-bond acceptors (Lipinski definition) is 6. The average Bonchev–Trinajstić information content (AvgIpc) is 2.78. The molecule has 2 rings (SSSR count). The van der Waals surface area contributed by atoms with E-state index in [9.17, 15) is 0 Å². The Morgan fingerprint density at radius 2 is 2.27 bits per heavy atom. The molecule has 6 heteroatoms. The molecule has 0 amide bonds. The molecule has 80 valence electrons. The summed E-state index contributed by atoms with van der Waals surface area (Å²) in [6, 6.07) is 0. The van der Waals surface area contributed by atoms with Gasteiger partial charge in [-0.15, -0.1) is 11.3 Å². The van der Waals surface area contributed by atoms with Crippen molar-refractivity contribution in [2.75, 3.05) is 11.9 Å². The van der Waals surface area contributed by atoms with Crippen LogP contribution in [0.15, 0.2) is 5.38 Å². The number of anilines is 1. The SMILES string of the molecule is CCNc1nc(Cc2nc(C)cs2)ns1. The number of nitrogens with one attached hydrogen (secondary N) is 1. The average molecular weight is 240 g/mol. The third-order valence-electron chi connectivity index (χ3n) is 1.77. The number of aromatic nitrogens is 3. The van der Waals surface area contributed by atoms with Crippen molar-refractivity contribution >= 4 is 28.0 Å². The Morgan fingerprint density at radius 3 is 2.93 bits per heavy atom. The Morgan fingerprint density at radius 1 is 1.40 bits per heavy atom. The first-order valence-corrected chi connectivity index (χ1v) is 6.40. The van der Waals surface area contributed by atoms with E-state index < -0.39 is 0 Å². The van der Waals surface area contributed by atoms with Crippen molar-refractivity contribution in [1.29, 1.82) is 0 Å². The second-order valence-electron chi connectivity index (χ2n) is 3.11. The minimum Gasteiger partial charge on any atom is -0.361 e. The monoisotopic (exact) mass is 240 g/mol. The highest BCUT2D eigenvalue weighted by Crippen LogP contribution is 2.16. The van der Waals surface area contributed by atoms with E-state index >= 15 is 0 Å². The Labute approximate surface area is 96.6 Å². The molecule has 1 N–H and O–H groups in total. The van der Waals surface area contributed by atoms with Crippen molar-refractivity contribution in [2.45, 2.75) is 20.3 Å². The highest BCUT2D eigenvalue weighted by atomic mass is 32.1. The van der Waals surface area contributed by atoms with Crippen LogP contribution in [0, 0.1) is 6.92 Å². The molecule has 2 heterocycles. The van der Waals surface area contributed by atoms with Crippen LogP contribution in [0.4, 0.5) is 5.13 Å². The van der Waals surface area contributed by atoms with Gasteiger partial charge in [0.05, 0.1) is 6.42 Å². The summed E-state index contributed by atoms with van der Waals surface area (Å²) in [5, 5.41) is 7.16. The van der Waals surface area contributed by atoms with Gasteiger partial charge in [0.1, 0.15) is 5.01 Å². The summed E-state index contributed by atoms with van der Waals surface area (Å²) in [5.74, 6) is 0.852. The highest BCUT2D eigenvalue weighted by Gasteiger charge is 2.06. The van der Waals surface area contributed by atoms with E-state index in [1.165, 1.54) is 11.5 Å². The van der Waals surface area contributed by atoms with Crippen LogP contribution in [0.3, 0.4) is 0 Å². The number of thiazole rings is 1. The van der Waals surface area contributed by atoms with Crippen LogP contribution in [0.25, 0.3) is 0 Å². The Hall–Kier alpha value is -1.01. The summed E-state index contributed by atoms with van der Waals surface area (Å²) in [5.41, 5.74) is 1.07. The molecule has 15 heavy (non-hydrogen) atoms. The summed E-state index contributed by atoms with van der Waals surface area (Å²) < 4.78 is 4.27. The predicted molar refractivity (Wildman–Crippen MR) is 63.7 cm³/mol. The summed E-state index contributed by atoms with van der Waals surface area (Å²) in [6.07, 6.45) is 0.737. The van der Waals surface area contributed by atoms with Gasteiger partial charge >= 0.3 is 0 Å². The van der Waals surface area contributed by atoms with E-state index in [4.69, 9.17) is 0 Å². The standard InChI is InChI=1S/C9H12N4S2/c1-3-10-9-12-7(13-15-9)4-8-11-6(2)5-14-8/h5H,3-4H2,1-2H3,(H,10,12,13). The number of rotatable bonds is 4. The third kappa shape index (κ3) is 2.73. The van der Waals surface area contributed by atoms with Gasteiger partial charge in [-0.25, -0.2) is 9.97 Å². The van der Waals surface area contributed by atoms with E-state index in [0.717, 1.165) is 34.6 Å². The number of nitrogens with zero attached hydrogens (tertiary/aromatic N) is 3. The van der Waals surface area contributed by atoms with Crippen molar-refractivity contribution in [1.82, 2.24) is 14.3 Å². The van der Waals surface area contributed by atoms with Crippen molar-refractivity contribution in [3.05, 3.63) is 21.9 Å². The van der Waals surface area contributed by atoms with E-state index in [-0.39, 0.29) is 0 Å². The second-order valence-corrected chi connectivity index (χ2v) is 4.80. The van der Waals surface area contributed by atoms with Gasteiger partial charge in [-0.1, -0.05) is 0 Å². The van der Waals surface area contributed by atoms with E-state index in [2.05, 4.69) is 19.7 Å². The van der Waals surface area contributed by atoms with Crippen LogP contribution < -0.4 is 5.32 Å². The van der Waals surface area contributed by atoms with Gasteiger partial charge in [-0.05, 0) is 13.8 Å². The fourth-order valence-electron chi connectivity index (χ4n) is 1.17. The van der Waals surface area contributed by atoms with Crippen LogP contribution in [0.5, 0.6) is 0 Å². The second kappa shape index (κ2) is 4.67. The summed E-state index contributed by atoms with van der Waals surface area (Å²) in [7, 11) is 0. The highest BCUT2D eigenvalue weighted by molar-refractivity contribution is 7.10. The fraction of sp³-hybridized carbons (Fsp3) is 0.444. The smallest absolute Gasteiger partial charge is 0.202 e. The van der Waals surface area contributed by atoms with Crippen LogP contribution >= 0.6 is 22.9 Å². The van der Waals surface area contributed by atoms with E-state index in [1.807, 2.05) is 19.2 Å². The molecule has 0 fully saturated rings. The summed E-state index contributed by atoms with van der Waals surface area (Å²) in [6.45, 7) is 4.93. The maximum Gasteiger partial charge on any atom is 0.202 e. The molecule has 0 radical (unpaired) electrons. The van der Waals surface area contributed by atoms with Gasteiger partial charge in [-0.3, -0.25) is 0 Å². The van der Waals surface area contributed by atoms with Crippen molar-refractivity contribution in [3.63, 3.8) is 0 Å². The molecule has 0 saturated carbocycles. The fourth-order valence-corrected chi connectivity index (χ4v) is 2.59. The van der Waals surface area contributed by atoms with Crippen LogP contribution in [-0.4, -0.2) is 20.9 Å². The summed E-state index contributed by atoms with van der Waals surface area (Å²) in [4.78, 5) is 8.75. The molecule has 0 aliphatic rings. The molecule has 0 spiro atoms. The molecule has 4 nitrogen and oxygen atoms in total. The minimum atomic E-state index is 0.737. The lowest BCUT2D eigenvalue weighted by Crippen LogP contribution is -1.96. The van der Waals surface area contributed by atoms with E-state index in [1.54, 1.807) is 11.3 Å². The molecule has 0 bridgehead atoms. The first kappa shape index (κ1) is 10.5. The lowest BCUT2D eigenvalue weighted by molar-refractivity contribution is 1.00. The summed E-state index contributed by atoms with van der Waals surface area (Å²) >= 11 is 3.06. The first-order valence-electron chi connectivity index (χ1n) is 4.75. The van der Waals surface area contributed by atoms with Gasteiger partial charge in [-0.2, -0.15) is 4.37 Å². The molecule has 2 aromatic heterocycles. The quantitative estimate of drug-likeness (QED) is 0.891. The van der Waals surface area contributed by atoms with Crippen LogP contribution in [0.2, 0.25) is 0 Å². The zero-order valence-corrected chi connectivity index (χ0v) is 10.3. The van der Waals surface area contributed by atoms with Crippen molar-refractivity contribution in [3.8, 4) is 0 Å².